The van der Waals surface area contributed by atoms with Gasteiger partial charge in [0.25, 0.3) is 11.8 Å². The van der Waals surface area contributed by atoms with Gasteiger partial charge in [0.15, 0.2) is 35.6 Å². The van der Waals surface area contributed by atoms with Crippen LogP contribution in [0.15, 0.2) is 20.0 Å². The maximum Gasteiger partial charge on any atom is 0.352 e. The number of urea groups is 2. The van der Waals surface area contributed by atoms with Gasteiger partial charge in [0.1, 0.15) is 36.6 Å². The third kappa shape index (κ3) is 4.66. The van der Waals surface area contributed by atoms with Crippen molar-refractivity contribution in [1.29, 1.82) is 10.8 Å². The van der Waals surface area contributed by atoms with Crippen LogP contribution < -0.4 is 10.6 Å². The fraction of sp³-hybridized carbons (Fsp3) is 0.500. The Hall–Kier alpha value is -4.42. The van der Waals surface area contributed by atoms with Crippen LogP contribution in [0.3, 0.4) is 0 Å². The number of guanidine groups is 2. The largest absolute Gasteiger partial charge is 0.394 e. The van der Waals surface area contributed by atoms with Crippen LogP contribution >= 0.6 is 0 Å². The number of amides is 6. The van der Waals surface area contributed by atoms with E-state index in [4.69, 9.17) is 30.5 Å². The second-order valence-electron chi connectivity index (χ2n) is 9.16. The molecule has 2 fully saturated rings. The number of fused-ring (bicyclic) bond motifs is 2. The molecule has 0 radical (unpaired) electrons. The van der Waals surface area contributed by atoms with Gasteiger partial charge in [-0.1, -0.05) is 0 Å². The summed E-state index contributed by atoms with van der Waals surface area (Å²) in [6, 6.07) is -1.83. The molecule has 0 aromatic rings. The third-order valence-electron chi connectivity index (χ3n) is 6.58. The molecule has 6 rings (SSSR count). The van der Waals surface area contributed by atoms with Crippen molar-refractivity contribution in [2.45, 2.75) is 49.1 Å². The molecule has 10 N–H and O–H groups in total. The fourth-order valence-electron chi connectivity index (χ4n) is 4.57. The first-order chi connectivity index (χ1) is 19.9. The number of hydrogen-bond acceptors (Lipinski definition) is 14. The summed E-state index contributed by atoms with van der Waals surface area (Å²) < 4.78 is 10.4. The molecule has 22 heteroatoms. The highest BCUT2D eigenvalue weighted by atomic mass is 16.6. The van der Waals surface area contributed by atoms with Crippen molar-refractivity contribution < 1.29 is 59.3 Å². The maximum absolute atomic E-state index is 11.9. The highest BCUT2D eigenvalue weighted by Gasteiger charge is 2.53. The number of carbonyl (C=O) groups excluding carboxylic acids is 4. The molecule has 42 heavy (non-hydrogen) atoms. The quantitative estimate of drug-likeness (QED) is 0.145. The Kier molecular flexibility index (Phi) is 7.46. The number of ether oxygens (including phenoxy) is 2. The molecule has 6 amide bonds. The highest BCUT2D eigenvalue weighted by Crippen LogP contribution is 2.29. The summed E-state index contributed by atoms with van der Waals surface area (Å²) >= 11 is 0. The molecule has 0 spiro atoms. The van der Waals surface area contributed by atoms with Crippen LogP contribution in [-0.2, 0) is 19.1 Å². The highest BCUT2D eigenvalue weighted by molar-refractivity contribution is 6.73. The van der Waals surface area contributed by atoms with Gasteiger partial charge in [0, 0.05) is 0 Å². The molecule has 224 valence electrons. The fourth-order valence-corrected chi connectivity index (χ4v) is 4.57. The van der Waals surface area contributed by atoms with E-state index in [0.717, 1.165) is 9.80 Å². The van der Waals surface area contributed by atoms with Gasteiger partial charge in [-0.3, -0.25) is 31.0 Å². The molecule has 0 aromatic carbocycles. The minimum absolute atomic E-state index is 0.233. The van der Waals surface area contributed by atoms with Crippen molar-refractivity contribution in [1.82, 2.24) is 20.4 Å². The van der Waals surface area contributed by atoms with Gasteiger partial charge in [-0.25, -0.2) is 19.4 Å². The predicted molar refractivity (Wildman–Crippen MR) is 131 cm³/mol. The predicted octanol–water partition coefficient (Wildman–Crippen LogP) is -6.47. The van der Waals surface area contributed by atoms with Gasteiger partial charge in [-0.15, -0.1) is 0 Å². The molecule has 6 aliphatic rings. The van der Waals surface area contributed by atoms with E-state index >= 15 is 0 Å². The zero-order chi connectivity index (χ0) is 30.6. The first kappa shape index (κ1) is 29.1. The van der Waals surface area contributed by atoms with Crippen LogP contribution in [0.4, 0.5) is 9.59 Å². The number of aliphatic hydroxyl groups is 6. The van der Waals surface area contributed by atoms with E-state index in [-0.39, 0.29) is 23.1 Å². The summed E-state index contributed by atoms with van der Waals surface area (Å²) in [5, 5.41) is 76.2. The van der Waals surface area contributed by atoms with Crippen molar-refractivity contribution in [2.24, 2.45) is 20.0 Å². The molecule has 6 heterocycles. The third-order valence-corrected chi connectivity index (χ3v) is 6.58. The Morgan fingerprint density at radius 2 is 1.00 bits per heavy atom. The van der Waals surface area contributed by atoms with Gasteiger partial charge in [0.2, 0.25) is 11.9 Å². The van der Waals surface area contributed by atoms with Crippen LogP contribution in [-0.4, -0.2) is 162 Å². The molecule has 0 aromatic heterocycles. The van der Waals surface area contributed by atoms with Crippen molar-refractivity contribution in [2.75, 3.05) is 13.2 Å². The van der Waals surface area contributed by atoms with Crippen LogP contribution in [0.2, 0.25) is 0 Å². The Labute approximate surface area is 232 Å². The zero-order valence-corrected chi connectivity index (χ0v) is 20.8. The van der Waals surface area contributed by atoms with E-state index in [1.54, 1.807) is 0 Å². The number of rotatable bonds is 4. The number of aliphatic hydroxyl groups excluding tert-OH is 6. The van der Waals surface area contributed by atoms with Crippen LogP contribution in [0.1, 0.15) is 0 Å². The monoisotopic (exact) mass is 594 g/mol. The SMILES string of the molecule is N=C1N=C2C(=NC(=O)N2[C@@H]2O[C@H](CO)[C@@H](O)[C@H]2O)C(=O)N1.N=C1N=C2C(=NC(=O)N2[C@@H]2O[C@H](CO)[C@@H](O)[C@H]2O)C(=O)N1. The van der Waals surface area contributed by atoms with Crippen LogP contribution in [0, 0.1) is 10.8 Å². The zero-order valence-electron chi connectivity index (χ0n) is 20.8. The second-order valence-corrected chi connectivity index (χ2v) is 9.16. The summed E-state index contributed by atoms with van der Waals surface area (Å²) in [6.07, 6.45) is -10.7. The minimum Gasteiger partial charge on any atom is -0.394 e. The summed E-state index contributed by atoms with van der Waals surface area (Å²) in [5.41, 5.74) is -0.595. The average molecular weight is 594 g/mol. The van der Waals surface area contributed by atoms with Crippen molar-refractivity contribution >= 4 is 58.9 Å². The van der Waals surface area contributed by atoms with E-state index in [1.807, 2.05) is 0 Å². The summed E-state index contributed by atoms with van der Waals surface area (Å²) in [6.45, 7) is -1.12. The molecular formula is C20H22N10O12. The molecule has 8 atom stereocenters. The number of amidine groups is 2. The van der Waals surface area contributed by atoms with Crippen molar-refractivity contribution in [3.8, 4) is 0 Å². The lowest BCUT2D eigenvalue weighted by molar-refractivity contribution is -0.114. The van der Waals surface area contributed by atoms with E-state index in [1.165, 1.54) is 0 Å². The van der Waals surface area contributed by atoms with Gasteiger partial charge >= 0.3 is 12.1 Å². The standard InChI is InChI=1S/2C10H11N5O6/c2*11-9-13-6-3(7(19)14-9)12-10(20)15(6)8-5(18)4(17)2(1-16)21-8/h2*2,4-5,8,16-18H,1H2,(H2,11,14,19)/t2*2-,4-,5-,8-/m11/s1. The molecule has 6 aliphatic heterocycles. The summed E-state index contributed by atoms with van der Waals surface area (Å²) in [4.78, 5) is 63.0. The number of aliphatic imine (C=N–C) groups is 4. The Morgan fingerprint density at radius 3 is 1.31 bits per heavy atom. The Balaban J connectivity index is 0.000000168. The normalized spacial score (nSPS) is 35.6. The van der Waals surface area contributed by atoms with E-state index in [0.29, 0.717) is 0 Å². The maximum atomic E-state index is 11.9. The minimum atomic E-state index is -1.51. The smallest absolute Gasteiger partial charge is 0.352 e. The molecule has 2 saturated heterocycles. The van der Waals surface area contributed by atoms with E-state index in [2.05, 4.69) is 30.6 Å². The van der Waals surface area contributed by atoms with E-state index < -0.39 is 98.1 Å². The van der Waals surface area contributed by atoms with Gasteiger partial charge < -0.3 is 40.1 Å². The summed E-state index contributed by atoms with van der Waals surface area (Å²) in [7, 11) is 0. The average Bonchev–Trinajstić information content (AvgIpc) is 3.62. The Morgan fingerprint density at radius 1 is 0.643 bits per heavy atom. The number of hydrogen-bond donors (Lipinski definition) is 10. The lowest BCUT2D eigenvalue weighted by Crippen LogP contribution is -2.53. The number of carbonyl (C=O) groups is 4. The molecule has 0 bridgehead atoms. The molecule has 22 nitrogen and oxygen atoms in total. The van der Waals surface area contributed by atoms with E-state index in [9.17, 15) is 39.6 Å². The van der Waals surface area contributed by atoms with Gasteiger partial charge in [-0.05, 0) is 0 Å². The van der Waals surface area contributed by atoms with Crippen molar-refractivity contribution in [3.63, 3.8) is 0 Å². The molecule has 0 saturated carbocycles. The van der Waals surface area contributed by atoms with Gasteiger partial charge in [0.05, 0.1) is 13.2 Å². The molecular weight excluding hydrogens is 572 g/mol. The van der Waals surface area contributed by atoms with Gasteiger partial charge in [-0.2, -0.15) is 20.0 Å². The lowest BCUT2D eigenvalue weighted by atomic mass is 10.1. The first-order valence-corrected chi connectivity index (χ1v) is 11.9. The number of nitrogens with zero attached hydrogens (tertiary/aromatic N) is 6. The first-order valence-electron chi connectivity index (χ1n) is 11.9. The summed E-state index contributed by atoms with van der Waals surface area (Å²) in [5.74, 6) is -2.98. The van der Waals surface area contributed by atoms with Crippen molar-refractivity contribution in [3.05, 3.63) is 0 Å². The molecule has 0 aliphatic carbocycles. The van der Waals surface area contributed by atoms with Crippen LogP contribution in [0.5, 0.6) is 0 Å². The lowest BCUT2D eigenvalue weighted by Gasteiger charge is -2.26. The second kappa shape index (κ2) is 10.8. The van der Waals surface area contributed by atoms with Crippen LogP contribution in [0.25, 0.3) is 0 Å². The Bertz CT molecular complexity index is 1310. The number of nitrogens with one attached hydrogen (secondary N) is 4. The topological polar surface area (TPSA) is 336 Å². The molecule has 0 unspecified atom stereocenters.